The number of aromatic nitrogens is 2. The minimum atomic E-state index is -0.494. The number of nitrogens with zero attached hydrogens (tertiary/aromatic N) is 3. The number of piperazine rings is 1. The van der Waals surface area contributed by atoms with Crippen molar-refractivity contribution in [1.82, 2.24) is 15.3 Å². The molecule has 110 valence electrons. The lowest BCUT2D eigenvalue weighted by atomic mass is 10.2. The zero-order chi connectivity index (χ0) is 15.1. The maximum atomic E-state index is 11.8. The minimum Gasteiger partial charge on any atom is -0.335 e. The second-order valence-corrected chi connectivity index (χ2v) is 6.04. The summed E-state index contributed by atoms with van der Waals surface area (Å²) in [5.41, 5.74) is 2.42. The molecule has 0 aromatic carbocycles. The second-order valence-electron chi connectivity index (χ2n) is 4.81. The summed E-state index contributed by atoms with van der Waals surface area (Å²) in [6.45, 7) is 3.76. The Hall–Kier alpha value is -2.26. The summed E-state index contributed by atoms with van der Waals surface area (Å²) >= 11 is 1.50. The number of nitrogens with two attached hydrogens (primary N) is 1. The van der Waals surface area contributed by atoms with Gasteiger partial charge < -0.3 is 4.90 Å². The van der Waals surface area contributed by atoms with Crippen molar-refractivity contribution in [2.75, 3.05) is 16.9 Å². The fourth-order valence-corrected chi connectivity index (χ4v) is 3.16. The molecule has 1 fully saturated rings. The third kappa shape index (κ3) is 2.30. The SMILES string of the molecule is Cc1cc2c(N3CC(=O)NC(=O)C3C)nc(NN)nc2s1. The van der Waals surface area contributed by atoms with Crippen molar-refractivity contribution >= 4 is 45.1 Å². The van der Waals surface area contributed by atoms with E-state index in [4.69, 9.17) is 5.84 Å². The molecule has 3 heterocycles. The number of rotatable bonds is 2. The number of aryl methyl sites for hydroxylation is 1. The molecular formula is C12H14N6O2S. The first-order chi connectivity index (χ1) is 9.99. The number of amides is 2. The third-order valence-electron chi connectivity index (χ3n) is 3.32. The monoisotopic (exact) mass is 306 g/mol. The van der Waals surface area contributed by atoms with Crippen LogP contribution in [-0.4, -0.2) is 34.4 Å². The summed E-state index contributed by atoms with van der Waals surface area (Å²) in [5.74, 6) is 5.50. The van der Waals surface area contributed by atoms with E-state index < -0.39 is 6.04 Å². The van der Waals surface area contributed by atoms with Gasteiger partial charge in [0.15, 0.2) is 0 Å². The van der Waals surface area contributed by atoms with Gasteiger partial charge in [0.1, 0.15) is 16.7 Å². The standard InChI is InChI=1S/C12H14N6O2S/c1-5-3-7-9(15-12(17-13)16-11(7)21-5)18-4-8(19)14-10(20)6(18)2/h3,6H,4,13H2,1-2H3,(H,14,19,20)(H,15,16,17). The Balaban J connectivity index is 2.17. The van der Waals surface area contributed by atoms with E-state index in [2.05, 4.69) is 20.7 Å². The molecule has 0 saturated carbocycles. The quantitative estimate of drug-likeness (QED) is 0.411. The van der Waals surface area contributed by atoms with E-state index >= 15 is 0 Å². The smallest absolute Gasteiger partial charge is 0.249 e. The largest absolute Gasteiger partial charge is 0.335 e. The van der Waals surface area contributed by atoms with Crippen LogP contribution in [0.25, 0.3) is 10.2 Å². The van der Waals surface area contributed by atoms with E-state index in [1.807, 2.05) is 13.0 Å². The Labute approximate surface area is 124 Å². The molecule has 21 heavy (non-hydrogen) atoms. The topological polar surface area (TPSA) is 113 Å². The Morgan fingerprint density at radius 1 is 1.48 bits per heavy atom. The average molecular weight is 306 g/mol. The van der Waals surface area contributed by atoms with Crippen LogP contribution < -0.4 is 21.5 Å². The molecule has 0 aliphatic carbocycles. The number of fused-ring (bicyclic) bond motifs is 1. The number of thiophene rings is 1. The number of imide groups is 1. The summed E-state index contributed by atoms with van der Waals surface area (Å²) in [6, 6.07) is 1.45. The number of hydrogen-bond acceptors (Lipinski definition) is 8. The van der Waals surface area contributed by atoms with Crippen molar-refractivity contribution in [3.8, 4) is 0 Å². The highest BCUT2D eigenvalue weighted by Crippen LogP contribution is 2.32. The number of nitrogen functional groups attached to an aromatic ring is 1. The summed E-state index contributed by atoms with van der Waals surface area (Å²) < 4.78 is 0. The van der Waals surface area contributed by atoms with Gasteiger partial charge in [0, 0.05) is 4.88 Å². The minimum absolute atomic E-state index is 0.0674. The maximum Gasteiger partial charge on any atom is 0.249 e. The molecule has 1 aliphatic rings. The van der Waals surface area contributed by atoms with Crippen LogP contribution >= 0.6 is 11.3 Å². The maximum absolute atomic E-state index is 11.8. The summed E-state index contributed by atoms with van der Waals surface area (Å²) in [6.07, 6.45) is 0. The lowest BCUT2D eigenvalue weighted by Crippen LogP contribution is -2.57. The van der Waals surface area contributed by atoms with Gasteiger partial charge in [-0.2, -0.15) is 4.98 Å². The van der Waals surface area contributed by atoms with Gasteiger partial charge in [-0.3, -0.25) is 20.3 Å². The first kappa shape index (κ1) is 13.7. The molecule has 1 saturated heterocycles. The van der Waals surface area contributed by atoms with E-state index in [0.717, 1.165) is 15.1 Å². The first-order valence-electron chi connectivity index (χ1n) is 6.34. The van der Waals surface area contributed by atoms with Gasteiger partial charge in [0.05, 0.1) is 11.9 Å². The van der Waals surface area contributed by atoms with Gasteiger partial charge in [-0.25, -0.2) is 10.8 Å². The van der Waals surface area contributed by atoms with Gasteiger partial charge in [-0.15, -0.1) is 11.3 Å². The van der Waals surface area contributed by atoms with Gasteiger partial charge in [-0.05, 0) is 19.9 Å². The molecule has 0 spiro atoms. The first-order valence-corrected chi connectivity index (χ1v) is 7.16. The highest BCUT2D eigenvalue weighted by Gasteiger charge is 2.32. The van der Waals surface area contributed by atoms with Crippen molar-refractivity contribution in [1.29, 1.82) is 0 Å². The zero-order valence-electron chi connectivity index (χ0n) is 11.5. The predicted molar refractivity (Wildman–Crippen MR) is 79.9 cm³/mol. The second kappa shape index (κ2) is 4.93. The van der Waals surface area contributed by atoms with Crippen LogP contribution in [0, 0.1) is 6.92 Å². The number of anilines is 2. The third-order valence-corrected chi connectivity index (χ3v) is 4.26. The van der Waals surface area contributed by atoms with Crippen molar-refractivity contribution in [2.24, 2.45) is 5.84 Å². The fraction of sp³-hybridized carbons (Fsp3) is 0.333. The van der Waals surface area contributed by atoms with Crippen molar-refractivity contribution < 1.29 is 9.59 Å². The molecule has 1 aliphatic heterocycles. The molecule has 0 bridgehead atoms. The Bertz CT molecular complexity index is 743. The Morgan fingerprint density at radius 2 is 2.24 bits per heavy atom. The molecule has 3 rings (SSSR count). The normalized spacial score (nSPS) is 19.0. The molecule has 0 radical (unpaired) electrons. The number of carbonyl (C=O) groups excluding carboxylic acids is 2. The highest BCUT2D eigenvalue weighted by atomic mass is 32.1. The average Bonchev–Trinajstić information content (AvgIpc) is 2.81. The number of hydrogen-bond donors (Lipinski definition) is 3. The van der Waals surface area contributed by atoms with Crippen LogP contribution in [0.1, 0.15) is 11.8 Å². The van der Waals surface area contributed by atoms with Crippen molar-refractivity contribution in [3.63, 3.8) is 0 Å². The molecule has 2 amide bonds. The molecule has 2 aromatic rings. The van der Waals surface area contributed by atoms with Crippen molar-refractivity contribution in [3.05, 3.63) is 10.9 Å². The van der Waals surface area contributed by atoms with Crippen LogP contribution in [0.5, 0.6) is 0 Å². The van der Waals surface area contributed by atoms with Gasteiger partial charge in [-0.1, -0.05) is 0 Å². The van der Waals surface area contributed by atoms with E-state index in [1.165, 1.54) is 11.3 Å². The van der Waals surface area contributed by atoms with Crippen LogP contribution in [0.2, 0.25) is 0 Å². The van der Waals surface area contributed by atoms with Crippen LogP contribution in [0.15, 0.2) is 6.07 Å². The zero-order valence-corrected chi connectivity index (χ0v) is 12.3. The lowest BCUT2D eigenvalue weighted by molar-refractivity contribution is -0.132. The molecule has 9 heteroatoms. The summed E-state index contributed by atoms with van der Waals surface area (Å²) in [4.78, 5) is 35.6. The van der Waals surface area contributed by atoms with E-state index in [9.17, 15) is 9.59 Å². The van der Waals surface area contributed by atoms with E-state index in [-0.39, 0.29) is 24.3 Å². The van der Waals surface area contributed by atoms with E-state index in [1.54, 1.807) is 11.8 Å². The number of carbonyl (C=O) groups is 2. The lowest BCUT2D eigenvalue weighted by Gasteiger charge is -2.32. The van der Waals surface area contributed by atoms with Crippen LogP contribution in [0.4, 0.5) is 11.8 Å². The summed E-state index contributed by atoms with van der Waals surface area (Å²) in [7, 11) is 0. The molecule has 8 nitrogen and oxygen atoms in total. The molecule has 4 N–H and O–H groups in total. The highest BCUT2D eigenvalue weighted by molar-refractivity contribution is 7.18. The van der Waals surface area contributed by atoms with Crippen LogP contribution in [0.3, 0.4) is 0 Å². The van der Waals surface area contributed by atoms with Gasteiger partial charge in [0.25, 0.3) is 0 Å². The molecule has 1 atom stereocenters. The van der Waals surface area contributed by atoms with Gasteiger partial charge in [0.2, 0.25) is 17.8 Å². The van der Waals surface area contributed by atoms with E-state index in [0.29, 0.717) is 5.82 Å². The summed E-state index contributed by atoms with van der Waals surface area (Å²) in [5, 5.41) is 3.12. The molecule has 2 aromatic heterocycles. The molecule has 1 unspecified atom stereocenters. The van der Waals surface area contributed by atoms with Crippen molar-refractivity contribution in [2.45, 2.75) is 19.9 Å². The Kier molecular flexibility index (Phi) is 3.22. The molecular weight excluding hydrogens is 292 g/mol. The number of nitrogens with one attached hydrogen (secondary N) is 2. The van der Waals surface area contributed by atoms with Crippen LogP contribution in [-0.2, 0) is 9.59 Å². The van der Waals surface area contributed by atoms with Gasteiger partial charge >= 0.3 is 0 Å². The fourth-order valence-electron chi connectivity index (χ4n) is 2.28. The number of hydrazine groups is 1. The predicted octanol–water partition coefficient (Wildman–Crippen LogP) is 0.137. The Morgan fingerprint density at radius 3 is 2.95 bits per heavy atom.